The van der Waals surface area contributed by atoms with Crippen molar-refractivity contribution >= 4 is 10.0 Å². The van der Waals surface area contributed by atoms with Gasteiger partial charge in [-0.2, -0.15) is 4.31 Å². The highest BCUT2D eigenvalue weighted by atomic mass is 32.2. The van der Waals surface area contributed by atoms with Gasteiger partial charge in [0.25, 0.3) is 10.0 Å². The molecule has 0 aromatic carbocycles. The van der Waals surface area contributed by atoms with Gasteiger partial charge in [-0.15, -0.1) is 0 Å². The van der Waals surface area contributed by atoms with Crippen molar-refractivity contribution in [3.05, 3.63) is 12.0 Å². The van der Waals surface area contributed by atoms with Gasteiger partial charge in [0.1, 0.15) is 5.82 Å². The minimum Gasteiger partial charge on any atom is -0.336 e. The van der Waals surface area contributed by atoms with Crippen LogP contribution in [0.1, 0.15) is 44.9 Å². The molecule has 1 aromatic rings. The Balaban J connectivity index is 1.89. The summed E-state index contributed by atoms with van der Waals surface area (Å²) < 4.78 is 28.9. The number of imidazole rings is 1. The molecule has 0 amide bonds. The van der Waals surface area contributed by atoms with Crippen molar-refractivity contribution in [2.45, 2.75) is 50.1 Å². The van der Waals surface area contributed by atoms with Crippen LogP contribution in [-0.4, -0.2) is 41.4 Å². The van der Waals surface area contributed by atoms with Crippen molar-refractivity contribution in [1.82, 2.24) is 13.9 Å². The van der Waals surface area contributed by atoms with E-state index in [1.807, 2.05) is 20.9 Å². The lowest BCUT2D eigenvalue weighted by atomic mass is 9.66. The number of sulfonamides is 1. The average molecular weight is 312 g/mol. The van der Waals surface area contributed by atoms with Crippen molar-refractivity contribution in [3.63, 3.8) is 0 Å². The van der Waals surface area contributed by atoms with Gasteiger partial charge in [0.15, 0.2) is 5.03 Å². The van der Waals surface area contributed by atoms with Crippen LogP contribution in [0.2, 0.25) is 0 Å². The van der Waals surface area contributed by atoms with E-state index in [1.165, 1.54) is 4.31 Å². The number of aryl methyl sites for hydroxylation is 1. The van der Waals surface area contributed by atoms with Crippen molar-refractivity contribution < 1.29 is 8.42 Å². The van der Waals surface area contributed by atoms with E-state index >= 15 is 0 Å². The zero-order chi connectivity index (χ0) is 15.4. The van der Waals surface area contributed by atoms with E-state index in [1.54, 1.807) is 10.8 Å². The number of nitrogens with zero attached hydrogens (tertiary/aromatic N) is 3. The summed E-state index contributed by atoms with van der Waals surface area (Å²) in [6, 6.07) is -0.0469. The Bertz CT molecular complexity index is 646. The van der Waals surface area contributed by atoms with Crippen LogP contribution >= 0.6 is 0 Å². The summed E-state index contributed by atoms with van der Waals surface area (Å²) >= 11 is 0. The summed E-state index contributed by atoms with van der Waals surface area (Å²) in [6.45, 7) is 4.97. The van der Waals surface area contributed by atoms with Crippen LogP contribution in [0.5, 0.6) is 0 Å². The second kappa shape index (κ2) is 4.79. The first-order chi connectivity index (χ1) is 9.76. The summed E-state index contributed by atoms with van der Waals surface area (Å²) in [5, 5.41) is 0.150. The minimum atomic E-state index is -3.53. The summed E-state index contributed by atoms with van der Waals surface area (Å²) in [5.41, 5.74) is 6.21. The Hall–Kier alpha value is -0.920. The molecule has 2 N–H and O–H groups in total. The standard InChI is InChI=1S/C14H24N4O2S/c1-10(2)13-16-12(8-17(13)3)21(19,20)18-7-11(15)14(9-18)5-4-6-14/h8,10-11H,4-7,9,15H2,1-3H3. The molecule has 2 fully saturated rings. The van der Waals surface area contributed by atoms with Gasteiger partial charge in [-0.1, -0.05) is 20.3 Å². The highest BCUT2D eigenvalue weighted by molar-refractivity contribution is 7.89. The van der Waals surface area contributed by atoms with Gasteiger partial charge in [0.2, 0.25) is 0 Å². The van der Waals surface area contributed by atoms with Crippen LogP contribution in [0.15, 0.2) is 11.2 Å². The van der Waals surface area contributed by atoms with Crippen LogP contribution < -0.4 is 5.73 Å². The summed E-state index contributed by atoms with van der Waals surface area (Å²) in [5.74, 6) is 0.980. The van der Waals surface area contributed by atoms with Gasteiger partial charge in [-0.3, -0.25) is 0 Å². The van der Waals surface area contributed by atoms with E-state index in [9.17, 15) is 8.42 Å². The fraction of sp³-hybridized carbons (Fsp3) is 0.786. The Morgan fingerprint density at radius 1 is 1.43 bits per heavy atom. The maximum absolute atomic E-state index is 12.8. The second-order valence-corrected chi connectivity index (χ2v) is 8.71. The first kappa shape index (κ1) is 15.0. The molecule has 1 aliphatic heterocycles. The normalized spacial score (nSPS) is 25.7. The molecule has 1 aromatic heterocycles. The lowest BCUT2D eigenvalue weighted by Crippen LogP contribution is -2.45. The number of hydrogen-bond acceptors (Lipinski definition) is 4. The zero-order valence-electron chi connectivity index (χ0n) is 12.9. The predicted molar refractivity (Wildman–Crippen MR) is 80.3 cm³/mol. The van der Waals surface area contributed by atoms with Gasteiger partial charge in [-0.25, -0.2) is 13.4 Å². The molecular formula is C14H24N4O2S. The summed E-state index contributed by atoms with van der Waals surface area (Å²) in [7, 11) is -1.69. The van der Waals surface area contributed by atoms with Crippen LogP contribution in [0.4, 0.5) is 0 Å². The van der Waals surface area contributed by atoms with Gasteiger partial charge < -0.3 is 10.3 Å². The lowest BCUT2D eigenvalue weighted by Gasteiger charge is -2.41. The van der Waals surface area contributed by atoms with Gasteiger partial charge in [0.05, 0.1) is 0 Å². The van der Waals surface area contributed by atoms with E-state index < -0.39 is 10.0 Å². The molecule has 3 rings (SSSR count). The number of hydrogen-bond donors (Lipinski definition) is 1. The van der Waals surface area contributed by atoms with E-state index in [4.69, 9.17) is 5.73 Å². The van der Waals surface area contributed by atoms with Gasteiger partial charge in [0, 0.05) is 43.7 Å². The molecule has 0 bridgehead atoms. The van der Waals surface area contributed by atoms with Crippen molar-refractivity contribution in [3.8, 4) is 0 Å². The third kappa shape index (κ3) is 2.22. The molecular weight excluding hydrogens is 288 g/mol. The fourth-order valence-corrected chi connectivity index (χ4v) is 5.08. The highest BCUT2D eigenvalue weighted by Crippen LogP contribution is 2.48. The Labute approximate surface area is 126 Å². The average Bonchev–Trinajstić information content (AvgIpc) is 2.89. The SMILES string of the molecule is CC(C)c1nc(S(=O)(=O)N2CC(N)C3(CCC3)C2)cn1C. The molecule has 1 aliphatic carbocycles. The molecule has 1 spiro atoms. The predicted octanol–water partition coefficient (Wildman–Crippen LogP) is 1.05. The first-order valence-corrected chi connectivity index (χ1v) is 8.99. The van der Waals surface area contributed by atoms with Gasteiger partial charge >= 0.3 is 0 Å². The maximum Gasteiger partial charge on any atom is 0.262 e. The van der Waals surface area contributed by atoms with E-state index in [0.717, 1.165) is 25.1 Å². The molecule has 21 heavy (non-hydrogen) atoms. The lowest BCUT2D eigenvalue weighted by molar-refractivity contribution is 0.133. The number of rotatable bonds is 3. The van der Waals surface area contributed by atoms with Crippen LogP contribution in [0, 0.1) is 5.41 Å². The molecule has 6 nitrogen and oxygen atoms in total. The topological polar surface area (TPSA) is 81.2 Å². The van der Waals surface area contributed by atoms with E-state index in [-0.39, 0.29) is 22.4 Å². The van der Waals surface area contributed by atoms with E-state index in [2.05, 4.69) is 4.98 Å². The largest absolute Gasteiger partial charge is 0.336 e. The quantitative estimate of drug-likeness (QED) is 0.904. The van der Waals surface area contributed by atoms with Crippen LogP contribution in [0.3, 0.4) is 0 Å². The monoisotopic (exact) mass is 312 g/mol. The molecule has 1 saturated heterocycles. The Morgan fingerprint density at radius 3 is 2.52 bits per heavy atom. The molecule has 1 unspecified atom stereocenters. The molecule has 1 saturated carbocycles. The molecule has 1 atom stereocenters. The number of nitrogens with two attached hydrogens (primary N) is 1. The van der Waals surface area contributed by atoms with Crippen molar-refractivity contribution in [1.29, 1.82) is 0 Å². The third-order valence-electron chi connectivity index (χ3n) is 5.04. The molecule has 2 heterocycles. The number of aromatic nitrogens is 2. The second-order valence-electron chi connectivity index (χ2n) is 6.82. The fourth-order valence-electron chi connectivity index (χ4n) is 3.53. The van der Waals surface area contributed by atoms with Gasteiger partial charge in [-0.05, 0) is 12.8 Å². The zero-order valence-corrected chi connectivity index (χ0v) is 13.7. The van der Waals surface area contributed by atoms with Crippen LogP contribution in [-0.2, 0) is 17.1 Å². The molecule has 118 valence electrons. The molecule has 0 radical (unpaired) electrons. The summed E-state index contributed by atoms with van der Waals surface area (Å²) in [4.78, 5) is 4.33. The highest BCUT2D eigenvalue weighted by Gasteiger charge is 2.52. The van der Waals surface area contributed by atoms with Crippen molar-refractivity contribution in [2.24, 2.45) is 18.2 Å². The third-order valence-corrected chi connectivity index (χ3v) is 6.72. The summed E-state index contributed by atoms with van der Waals surface area (Å²) in [6.07, 6.45) is 4.85. The van der Waals surface area contributed by atoms with Crippen LogP contribution in [0.25, 0.3) is 0 Å². The minimum absolute atomic E-state index is 0.0166. The maximum atomic E-state index is 12.8. The van der Waals surface area contributed by atoms with E-state index in [0.29, 0.717) is 13.1 Å². The molecule has 7 heteroatoms. The Morgan fingerprint density at radius 2 is 2.10 bits per heavy atom. The Kier molecular flexibility index (Phi) is 3.42. The van der Waals surface area contributed by atoms with Crippen molar-refractivity contribution in [2.75, 3.05) is 13.1 Å². The molecule has 2 aliphatic rings. The smallest absolute Gasteiger partial charge is 0.262 e. The first-order valence-electron chi connectivity index (χ1n) is 7.55.